The summed E-state index contributed by atoms with van der Waals surface area (Å²) in [5.74, 6) is 0. The van der Waals surface area contributed by atoms with Crippen LogP contribution in [-0.4, -0.2) is 10.6 Å². The molecule has 1 aliphatic rings. The van der Waals surface area contributed by atoms with Gasteiger partial charge in [-0.3, -0.25) is 0 Å². The highest BCUT2D eigenvalue weighted by Gasteiger charge is 2.36. The van der Waals surface area contributed by atoms with Crippen molar-refractivity contribution >= 4 is 5.69 Å². The Morgan fingerprint density at radius 3 is 2.80 bits per heavy atom. The molecule has 1 aromatic carbocycles. The Morgan fingerprint density at radius 1 is 1.47 bits per heavy atom. The molecule has 3 nitrogen and oxygen atoms in total. The molecule has 0 aliphatic heterocycles. The first-order valence-electron chi connectivity index (χ1n) is 5.17. The number of hydrogen-bond donors (Lipinski definition) is 2. The van der Waals surface area contributed by atoms with E-state index in [-0.39, 0.29) is 12.1 Å². The van der Waals surface area contributed by atoms with Crippen LogP contribution < -0.4 is 5.32 Å². The zero-order valence-electron chi connectivity index (χ0n) is 8.53. The van der Waals surface area contributed by atoms with Crippen LogP contribution in [0.25, 0.3) is 0 Å². The van der Waals surface area contributed by atoms with Gasteiger partial charge in [-0.25, -0.2) is 0 Å². The summed E-state index contributed by atoms with van der Waals surface area (Å²) in [6.45, 7) is 0.0368. The van der Waals surface area contributed by atoms with Crippen molar-refractivity contribution in [1.82, 2.24) is 0 Å². The Bertz CT molecular complexity index is 391. The van der Waals surface area contributed by atoms with Crippen molar-refractivity contribution in [1.29, 1.82) is 5.26 Å². The van der Waals surface area contributed by atoms with Crippen LogP contribution in [0.3, 0.4) is 0 Å². The summed E-state index contributed by atoms with van der Waals surface area (Å²) in [6.07, 6.45) is 2.93. The summed E-state index contributed by atoms with van der Waals surface area (Å²) in [5, 5.41) is 21.3. The van der Waals surface area contributed by atoms with E-state index in [1.54, 1.807) is 0 Å². The normalized spacial score (nSPS) is 17.6. The SMILES string of the molecule is N#CC1(Nc2cccc(CO)c2)CCC1. The van der Waals surface area contributed by atoms with Gasteiger partial charge in [0.2, 0.25) is 0 Å². The molecule has 0 heterocycles. The maximum Gasteiger partial charge on any atom is 0.125 e. The van der Waals surface area contributed by atoms with Gasteiger partial charge >= 0.3 is 0 Å². The van der Waals surface area contributed by atoms with Crippen molar-refractivity contribution in [2.45, 2.75) is 31.4 Å². The summed E-state index contributed by atoms with van der Waals surface area (Å²) in [5.41, 5.74) is 1.42. The first kappa shape index (κ1) is 10.0. The van der Waals surface area contributed by atoms with Gasteiger partial charge in [0.1, 0.15) is 5.54 Å². The number of nitrogens with zero attached hydrogens (tertiary/aromatic N) is 1. The third kappa shape index (κ3) is 1.95. The molecule has 0 radical (unpaired) electrons. The zero-order valence-corrected chi connectivity index (χ0v) is 8.53. The van der Waals surface area contributed by atoms with E-state index in [4.69, 9.17) is 10.4 Å². The quantitative estimate of drug-likeness (QED) is 0.788. The Labute approximate surface area is 89.4 Å². The van der Waals surface area contributed by atoms with Crippen LogP contribution in [0.4, 0.5) is 5.69 Å². The lowest BCUT2D eigenvalue weighted by molar-refractivity contribution is 0.282. The molecule has 0 spiro atoms. The minimum atomic E-state index is -0.367. The van der Waals surface area contributed by atoms with Gasteiger partial charge in [0, 0.05) is 5.69 Å². The monoisotopic (exact) mass is 202 g/mol. The van der Waals surface area contributed by atoms with Crippen molar-refractivity contribution in [2.75, 3.05) is 5.32 Å². The largest absolute Gasteiger partial charge is 0.392 e. The summed E-state index contributed by atoms with van der Waals surface area (Å²) >= 11 is 0. The molecule has 3 heteroatoms. The van der Waals surface area contributed by atoms with Crippen molar-refractivity contribution in [3.8, 4) is 6.07 Å². The predicted octanol–water partition coefficient (Wildman–Crippen LogP) is 2.04. The molecule has 0 amide bonds. The molecule has 0 atom stereocenters. The van der Waals surface area contributed by atoms with Gasteiger partial charge in [-0.05, 0) is 37.0 Å². The van der Waals surface area contributed by atoms with Crippen molar-refractivity contribution in [3.05, 3.63) is 29.8 Å². The van der Waals surface area contributed by atoms with E-state index in [2.05, 4.69) is 11.4 Å². The summed E-state index contributed by atoms with van der Waals surface area (Å²) < 4.78 is 0. The summed E-state index contributed by atoms with van der Waals surface area (Å²) in [6, 6.07) is 9.89. The highest BCUT2D eigenvalue weighted by Crippen LogP contribution is 2.34. The fourth-order valence-corrected chi connectivity index (χ4v) is 1.82. The molecule has 1 saturated carbocycles. The molecule has 15 heavy (non-hydrogen) atoms. The van der Waals surface area contributed by atoms with Gasteiger partial charge in [0.25, 0.3) is 0 Å². The third-order valence-corrected chi connectivity index (χ3v) is 2.91. The lowest BCUT2D eigenvalue weighted by Gasteiger charge is -2.36. The van der Waals surface area contributed by atoms with Crippen molar-refractivity contribution < 1.29 is 5.11 Å². The number of hydrogen-bond acceptors (Lipinski definition) is 3. The van der Waals surface area contributed by atoms with Gasteiger partial charge in [-0.1, -0.05) is 12.1 Å². The molecule has 1 aromatic rings. The number of aliphatic hydroxyl groups excluding tert-OH is 1. The molecule has 0 saturated heterocycles. The first-order valence-corrected chi connectivity index (χ1v) is 5.17. The highest BCUT2D eigenvalue weighted by atomic mass is 16.3. The van der Waals surface area contributed by atoms with Crippen LogP contribution in [0.1, 0.15) is 24.8 Å². The number of nitriles is 1. The standard InChI is InChI=1S/C12H14N2O/c13-9-12(5-2-6-12)14-11-4-1-3-10(7-11)8-15/h1,3-4,7,14-15H,2,5-6,8H2. The summed E-state index contributed by atoms with van der Waals surface area (Å²) in [7, 11) is 0. The van der Waals surface area contributed by atoms with E-state index >= 15 is 0 Å². The molecule has 78 valence electrons. The molecule has 1 fully saturated rings. The second-order valence-electron chi connectivity index (χ2n) is 4.03. The van der Waals surface area contributed by atoms with Gasteiger partial charge in [0.05, 0.1) is 12.7 Å². The predicted molar refractivity (Wildman–Crippen MR) is 58.2 cm³/mol. The number of aliphatic hydroxyl groups is 1. The molecule has 1 aliphatic carbocycles. The molecule has 0 unspecified atom stereocenters. The molecular weight excluding hydrogens is 188 g/mol. The molecule has 0 bridgehead atoms. The van der Waals surface area contributed by atoms with Crippen LogP contribution in [0.2, 0.25) is 0 Å². The minimum Gasteiger partial charge on any atom is -0.392 e. The van der Waals surface area contributed by atoms with Crippen LogP contribution in [0.15, 0.2) is 24.3 Å². The topological polar surface area (TPSA) is 56.0 Å². The lowest BCUT2D eigenvalue weighted by atomic mass is 9.78. The lowest BCUT2D eigenvalue weighted by Crippen LogP contribution is -2.43. The van der Waals surface area contributed by atoms with Gasteiger partial charge in [-0.2, -0.15) is 5.26 Å². The average Bonchev–Trinajstić information content (AvgIpc) is 2.24. The molecular formula is C12H14N2O. The smallest absolute Gasteiger partial charge is 0.125 e. The third-order valence-electron chi connectivity index (χ3n) is 2.91. The number of benzene rings is 1. The fraction of sp³-hybridized carbons (Fsp3) is 0.417. The van der Waals surface area contributed by atoms with Crippen LogP contribution in [0, 0.1) is 11.3 Å². The number of anilines is 1. The Kier molecular flexibility index (Phi) is 2.61. The molecule has 0 aromatic heterocycles. The fourth-order valence-electron chi connectivity index (χ4n) is 1.82. The Morgan fingerprint density at radius 2 is 2.27 bits per heavy atom. The number of rotatable bonds is 3. The Balaban J connectivity index is 2.13. The van der Waals surface area contributed by atoms with Crippen LogP contribution in [-0.2, 0) is 6.61 Å². The number of nitrogens with one attached hydrogen (secondary N) is 1. The Hall–Kier alpha value is -1.53. The maximum atomic E-state index is 9.06. The van der Waals surface area contributed by atoms with E-state index in [1.165, 1.54) is 0 Å². The van der Waals surface area contributed by atoms with Crippen LogP contribution >= 0.6 is 0 Å². The van der Waals surface area contributed by atoms with Crippen molar-refractivity contribution in [2.24, 2.45) is 0 Å². The second kappa shape index (κ2) is 3.92. The first-order chi connectivity index (χ1) is 7.28. The minimum absolute atomic E-state index is 0.0368. The molecule has 2 N–H and O–H groups in total. The van der Waals surface area contributed by atoms with Gasteiger partial charge in [-0.15, -0.1) is 0 Å². The van der Waals surface area contributed by atoms with E-state index in [0.717, 1.165) is 30.5 Å². The zero-order chi connectivity index (χ0) is 10.7. The van der Waals surface area contributed by atoms with E-state index in [0.29, 0.717) is 0 Å². The summed E-state index contributed by atoms with van der Waals surface area (Å²) in [4.78, 5) is 0. The van der Waals surface area contributed by atoms with E-state index < -0.39 is 0 Å². The van der Waals surface area contributed by atoms with Gasteiger partial charge < -0.3 is 10.4 Å². The highest BCUT2D eigenvalue weighted by molar-refractivity contribution is 5.50. The maximum absolute atomic E-state index is 9.06. The van der Waals surface area contributed by atoms with Gasteiger partial charge in [0.15, 0.2) is 0 Å². The van der Waals surface area contributed by atoms with E-state index in [9.17, 15) is 0 Å². The molecule has 2 rings (SSSR count). The van der Waals surface area contributed by atoms with Crippen molar-refractivity contribution in [3.63, 3.8) is 0 Å². The van der Waals surface area contributed by atoms with Crippen LogP contribution in [0.5, 0.6) is 0 Å². The average molecular weight is 202 g/mol. The van der Waals surface area contributed by atoms with E-state index in [1.807, 2.05) is 24.3 Å². The second-order valence-corrected chi connectivity index (χ2v) is 4.03.